The summed E-state index contributed by atoms with van der Waals surface area (Å²) in [6, 6.07) is 0. The van der Waals surface area contributed by atoms with Gasteiger partial charge in [0.05, 0.1) is 0 Å². The Hall–Kier alpha value is 1.47. The Morgan fingerprint density at radius 1 is 0.750 bits per heavy atom. The van der Waals surface area contributed by atoms with Gasteiger partial charge < -0.3 is 11.0 Å². The van der Waals surface area contributed by atoms with Crippen LogP contribution >= 0.6 is 0 Å². The van der Waals surface area contributed by atoms with Gasteiger partial charge in [-0.3, -0.25) is 0 Å². The quantitative estimate of drug-likeness (QED) is 0.515. The molecule has 0 unspecified atom stereocenters. The molecule has 4 heavy (non-hydrogen) atoms. The third-order valence-corrected chi connectivity index (χ3v) is 0. The zero-order chi connectivity index (χ0) is 0. The maximum Gasteiger partial charge on any atom is 4.00 e. The van der Waals surface area contributed by atoms with Gasteiger partial charge in [-0.05, 0) is 0 Å². The Kier molecular flexibility index (Phi) is 317. The first-order valence-electron chi connectivity index (χ1n) is 0. The van der Waals surface area contributed by atoms with Gasteiger partial charge in [-0.2, -0.15) is 0 Å². The SMILES string of the molecule is [O-2].[O-2].[Pd].[Zr+4]. The molecule has 0 saturated heterocycles. The molecule has 0 aromatic carbocycles. The van der Waals surface area contributed by atoms with Gasteiger partial charge in [0.15, 0.2) is 0 Å². The molecule has 0 atom stereocenters. The van der Waals surface area contributed by atoms with E-state index in [2.05, 4.69) is 0 Å². The van der Waals surface area contributed by atoms with Crippen molar-refractivity contribution < 1.29 is 57.6 Å². The Morgan fingerprint density at radius 3 is 0.750 bits per heavy atom. The zero-order valence-electron chi connectivity index (χ0n) is 1.63. The van der Waals surface area contributed by atoms with Crippen molar-refractivity contribution in [3.8, 4) is 0 Å². The van der Waals surface area contributed by atoms with Crippen molar-refractivity contribution >= 4 is 0 Å². The van der Waals surface area contributed by atoms with E-state index in [9.17, 15) is 0 Å². The van der Waals surface area contributed by atoms with Crippen LogP contribution in [0, 0.1) is 0 Å². The van der Waals surface area contributed by atoms with E-state index in [0.717, 1.165) is 0 Å². The van der Waals surface area contributed by atoms with Gasteiger partial charge >= 0.3 is 26.2 Å². The van der Waals surface area contributed by atoms with Crippen LogP contribution in [0.3, 0.4) is 0 Å². The summed E-state index contributed by atoms with van der Waals surface area (Å²) in [4.78, 5) is 0. The molecule has 0 aromatic heterocycles. The first kappa shape index (κ1) is 50.7. The molecule has 0 heterocycles. The second-order valence-corrected chi connectivity index (χ2v) is 0. The van der Waals surface area contributed by atoms with Crippen LogP contribution in [-0.4, -0.2) is 0 Å². The molecule has 2 nitrogen and oxygen atoms in total. The normalized spacial score (nSPS) is 0. The van der Waals surface area contributed by atoms with Gasteiger partial charge in [0.25, 0.3) is 0 Å². The molecule has 0 radical (unpaired) electrons. The molecular weight excluding hydrogens is 230 g/mol. The number of hydrogen-bond donors (Lipinski definition) is 0. The van der Waals surface area contributed by atoms with Gasteiger partial charge in [0.2, 0.25) is 0 Å². The largest absolute Gasteiger partial charge is 4.00 e. The third kappa shape index (κ3) is 9.81. The fraction of sp³-hybridized carbons (Fsp3) is 0. The molecule has 0 rings (SSSR count). The van der Waals surface area contributed by atoms with E-state index in [4.69, 9.17) is 0 Å². The summed E-state index contributed by atoms with van der Waals surface area (Å²) in [6.07, 6.45) is 0. The van der Waals surface area contributed by atoms with Crippen molar-refractivity contribution in [1.82, 2.24) is 0 Å². The molecule has 0 aliphatic carbocycles. The first-order valence-corrected chi connectivity index (χ1v) is 0. The van der Waals surface area contributed by atoms with Gasteiger partial charge in [-0.25, -0.2) is 0 Å². The van der Waals surface area contributed by atoms with E-state index in [0.29, 0.717) is 0 Å². The van der Waals surface area contributed by atoms with Gasteiger partial charge in [-0.1, -0.05) is 0 Å². The van der Waals surface area contributed by atoms with Crippen LogP contribution in [0.25, 0.3) is 0 Å². The van der Waals surface area contributed by atoms with Gasteiger partial charge in [-0.15, -0.1) is 0 Å². The average Bonchev–Trinajstić information content (AvgIpc) is 0. The van der Waals surface area contributed by atoms with E-state index >= 15 is 0 Å². The predicted molar refractivity (Wildman–Crippen MR) is 1.37 cm³/mol. The maximum absolute atomic E-state index is 0. The van der Waals surface area contributed by atoms with Crippen LogP contribution in [0.2, 0.25) is 0 Å². The number of rotatable bonds is 0. The van der Waals surface area contributed by atoms with E-state index < -0.39 is 0 Å². The minimum absolute atomic E-state index is 0. The van der Waals surface area contributed by atoms with E-state index in [1.807, 2.05) is 0 Å². The predicted octanol–water partition coefficient (Wildman–Crippen LogP) is -0.243. The summed E-state index contributed by atoms with van der Waals surface area (Å²) in [5.74, 6) is 0. The van der Waals surface area contributed by atoms with Crippen molar-refractivity contribution in [3.05, 3.63) is 0 Å². The fourth-order valence-corrected chi connectivity index (χ4v) is 0. The molecule has 4 heteroatoms. The van der Waals surface area contributed by atoms with Crippen LogP contribution in [0.4, 0.5) is 0 Å². The number of hydrogen-bond acceptors (Lipinski definition) is 0. The summed E-state index contributed by atoms with van der Waals surface area (Å²) in [5, 5.41) is 0. The Bertz CT molecular complexity index is 6.00. The molecule has 0 spiro atoms. The smallest absolute Gasteiger partial charge is 2.00 e. The Balaban J connectivity index is 0. The molecule has 0 N–H and O–H groups in total. The van der Waals surface area contributed by atoms with Crippen LogP contribution < -0.4 is 0 Å². The first-order chi connectivity index (χ1) is 0. The molecule has 0 saturated carbocycles. The standard InChI is InChI=1S/2O.Pd.Zr/q2*-2;;+4. The average molecular weight is 230 g/mol. The topological polar surface area (TPSA) is 57.0 Å². The summed E-state index contributed by atoms with van der Waals surface area (Å²) in [6.45, 7) is 0. The summed E-state index contributed by atoms with van der Waals surface area (Å²) in [7, 11) is 0. The Morgan fingerprint density at radius 2 is 0.750 bits per heavy atom. The van der Waals surface area contributed by atoms with Crippen molar-refractivity contribution in [1.29, 1.82) is 0 Å². The van der Waals surface area contributed by atoms with Crippen LogP contribution in [-0.2, 0) is 57.6 Å². The summed E-state index contributed by atoms with van der Waals surface area (Å²) in [5.41, 5.74) is 0. The Labute approximate surface area is 57.4 Å². The monoisotopic (exact) mass is 228 g/mol. The molecule has 26 valence electrons. The van der Waals surface area contributed by atoms with Gasteiger partial charge in [0.1, 0.15) is 0 Å². The van der Waals surface area contributed by atoms with Gasteiger partial charge in [0, 0.05) is 20.4 Å². The van der Waals surface area contributed by atoms with Crippen LogP contribution in [0.15, 0.2) is 0 Å². The van der Waals surface area contributed by atoms with Crippen molar-refractivity contribution in [2.24, 2.45) is 0 Å². The van der Waals surface area contributed by atoms with Crippen LogP contribution in [0.5, 0.6) is 0 Å². The minimum atomic E-state index is 0. The molecule has 0 aliphatic rings. The second-order valence-electron chi connectivity index (χ2n) is 0. The molecule has 0 amide bonds. The third-order valence-electron chi connectivity index (χ3n) is 0. The van der Waals surface area contributed by atoms with Crippen molar-refractivity contribution in [2.45, 2.75) is 0 Å². The second kappa shape index (κ2) is 25.0. The van der Waals surface area contributed by atoms with E-state index in [1.165, 1.54) is 0 Å². The summed E-state index contributed by atoms with van der Waals surface area (Å²) < 4.78 is 0. The van der Waals surface area contributed by atoms with Crippen molar-refractivity contribution in [2.75, 3.05) is 0 Å². The van der Waals surface area contributed by atoms with Crippen molar-refractivity contribution in [3.63, 3.8) is 0 Å². The zero-order valence-corrected chi connectivity index (χ0v) is 5.65. The van der Waals surface area contributed by atoms with Crippen LogP contribution in [0.1, 0.15) is 0 Å². The molecular formula is O2PdZr. The fourth-order valence-electron chi connectivity index (χ4n) is 0. The van der Waals surface area contributed by atoms with E-state index in [1.54, 1.807) is 0 Å². The van der Waals surface area contributed by atoms with E-state index in [-0.39, 0.29) is 57.6 Å². The molecule has 0 aromatic rings. The maximum atomic E-state index is 0. The minimum Gasteiger partial charge on any atom is -2.00 e. The molecule has 0 aliphatic heterocycles. The molecule has 0 bridgehead atoms. The molecule has 0 fully saturated rings. The summed E-state index contributed by atoms with van der Waals surface area (Å²) >= 11 is 0.